The molecule has 2 aromatic rings. The Morgan fingerprint density at radius 1 is 1.11 bits per heavy atom. The topological polar surface area (TPSA) is 89.7 Å². The van der Waals surface area contributed by atoms with Gasteiger partial charge in [0.15, 0.2) is 0 Å². The van der Waals surface area contributed by atoms with Crippen molar-refractivity contribution in [1.29, 1.82) is 0 Å². The number of nitrogens with zero attached hydrogens (tertiary/aromatic N) is 2. The van der Waals surface area contributed by atoms with Crippen LogP contribution in [0.25, 0.3) is 11.5 Å². The molecule has 28 heavy (non-hydrogen) atoms. The van der Waals surface area contributed by atoms with E-state index in [1.165, 1.54) is 11.2 Å². The number of benzene rings is 1. The van der Waals surface area contributed by atoms with E-state index in [1.54, 1.807) is 0 Å². The van der Waals surface area contributed by atoms with Crippen LogP contribution in [0, 0.1) is 11.8 Å². The third kappa shape index (κ3) is 3.69. The van der Waals surface area contributed by atoms with Gasteiger partial charge in [-0.15, -0.1) is 0 Å². The molecule has 2 amide bonds. The van der Waals surface area contributed by atoms with Crippen molar-refractivity contribution in [2.24, 2.45) is 11.8 Å². The molecule has 1 saturated carbocycles. The summed E-state index contributed by atoms with van der Waals surface area (Å²) in [6, 6.07) is 9.43. The molecule has 2 aliphatic rings. The predicted molar refractivity (Wildman–Crippen MR) is 98.5 cm³/mol. The van der Waals surface area contributed by atoms with Gasteiger partial charge in [0, 0.05) is 12.1 Å². The average molecular weight is 382 g/mol. The lowest BCUT2D eigenvalue weighted by Crippen LogP contribution is -2.33. The molecule has 146 valence electrons. The Kier molecular flexibility index (Phi) is 5.23. The number of imide groups is 1. The first kappa shape index (κ1) is 18.4. The lowest BCUT2D eigenvalue weighted by Gasteiger charge is -2.19. The molecular weight excluding hydrogens is 360 g/mol. The molecule has 1 saturated heterocycles. The standard InChI is InChI=1S/C21H22N2O5/c24-18(10-11-23-20(25)16-8-4-5-9-17(16)21(23)26)27-12-15-13-28-19(22-15)14-6-2-1-3-7-14/h1-3,6-7,13,16-17H,4-5,8-12H2. The van der Waals surface area contributed by atoms with Gasteiger partial charge in [-0.2, -0.15) is 0 Å². The zero-order valence-electron chi connectivity index (χ0n) is 15.5. The maximum absolute atomic E-state index is 12.4. The van der Waals surface area contributed by atoms with Crippen molar-refractivity contribution < 1.29 is 23.5 Å². The van der Waals surface area contributed by atoms with E-state index in [0.717, 1.165) is 31.2 Å². The molecule has 7 nitrogen and oxygen atoms in total. The summed E-state index contributed by atoms with van der Waals surface area (Å²) >= 11 is 0. The Morgan fingerprint density at radius 3 is 2.46 bits per heavy atom. The van der Waals surface area contributed by atoms with Crippen molar-refractivity contribution in [2.75, 3.05) is 6.54 Å². The molecule has 0 N–H and O–H groups in total. The molecule has 1 aliphatic carbocycles. The number of hydrogen-bond donors (Lipinski definition) is 0. The van der Waals surface area contributed by atoms with Crippen LogP contribution in [0.5, 0.6) is 0 Å². The molecule has 0 spiro atoms. The summed E-state index contributed by atoms with van der Waals surface area (Å²) in [6.45, 7) is 0.0693. The highest BCUT2D eigenvalue weighted by molar-refractivity contribution is 6.05. The van der Waals surface area contributed by atoms with Crippen LogP contribution in [0.4, 0.5) is 0 Å². The fourth-order valence-electron chi connectivity index (χ4n) is 3.97. The number of ether oxygens (including phenoxy) is 1. The van der Waals surface area contributed by atoms with Crippen molar-refractivity contribution >= 4 is 17.8 Å². The van der Waals surface area contributed by atoms with Crippen molar-refractivity contribution in [3.8, 4) is 11.5 Å². The molecule has 2 unspecified atom stereocenters. The Labute approximate surface area is 162 Å². The number of hydrogen-bond acceptors (Lipinski definition) is 6. The molecule has 1 aromatic heterocycles. The van der Waals surface area contributed by atoms with Crippen molar-refractivity contribution in [3.63, 3.8) is 0 Å². The lowest BCUT2D eigenvalue weighted by molar-refractivity contribution is -0.146. The van der Waals surface area contributed by atoms with Crippen LogP contribution in [0.3, 0.4) is 0 Å². The van der Waals surface area contributed by atoms with E-state index in [-0.39, 0.29) is 43.2 Å². The van der Waals surface area contributed by atoms with Crippen LogP contribution < -0.4 is 0 Å². The summed E-state index contributed by atoms with van der Waals surface area (Å²) in [5.74, 6) is -0.659. The first-order valence-electron chi connectivity index (χ1n) is 9.64. The summed E-state index contributed by atoms with van der Waals surface area (Å²) < 4.78 is 10.6. The van der Waals surface area contributed by atoms with Crippen LogP contribution in [0.15, 0.2) is 41.0 Å². The van der Waals surface area contributed by atoms with Gasteiger partial charge >= 0.3 is 5.97 Å². The number of rotatable bonds is 6. The minimum absolute atomic E-state index is 0.0116. The molecule has 1 aromatic carbocycles. The number of likely N-dealkylation sites (tertiary alicyclic amines) is 1. The number of oxazole rings is 1. The first-order valence-corrected chi connectivity index (χ1v) is 9.64. The van der Waals surface area contributed by atoms with Crippen molar-refractivity contribution in [2.45, 2.75) is 38.7 Å². The van der Waals surface area contributed by atoms with E-state index in [1.807, 2.05) is 30.3 Å². The van der Waals surface area contributed by atoms with E-state index >= 15 is 0 Å². The van der Waals surface area contributed by atoms with Crippen LogP contribution in [0.2, 0.25) is 0 Å². The summed E-state index contributed by atoms with van der Waals surface area (Å²) in [6.07, 6.45) is 4.95. The fourth-order valence-corrected chi connectivity index (χ4v) is 3.97. The van der Waals surface area contributed by atoms with Crippen LogP contribution in [-0.2, 0) is 25.7 Å². The predicted octanol–water partition coefficient (Wildman–Crippen LogP) is 2.95. The van der Waals surface area contributed by atoms with Gasteiger partial charge < -0.3 is 9.15 Å². The van der Waals surface area contributed by atoms with Crippen LogP contribution in [-0.4, -0.2) is 34.2 Å². The van der Waals surface area contributed by atoms with Gasteiger partial charge in [0.05, 0.1) is 18.3 Å². The number of amides is 2. The zero-order valence-corrected chi connectivity index (χ0v) is 15.5. The maximum Gasteiger partial charge on any atom is 0.307 e. The summed E-state index contributed by atoms with van der Waals surface area (Å²) in [5.41, 5.74) is 1.35. The molecule has 0 bridgehead atoms. The van der Waals surface area contributed by atoms with Gasteiger partial charge in [-0.25, -0.2) is 4.98 Å². The van der Waals surface area contributed by atoms with Crippen molar-refractivity contribution in [3.05, 3.63) is 42.3 Å². The Morgan fingerprint density at radius 2 is 1.79 bits per heavy atom. The van der Waals surface area contributed by atoms with Gasteiger partial charge in [-0.05, 0) is 25.0 Å². The number of aromatic nitrogens is 1. The quantitative estimate of drug-likeness (QED) is 0.564. The second-order valence-corrected chi connectivity index (χ2v) is 7.25. The summed E-state index contributed by atoms with van der Waals surface area (Å²) in [7, 11) is 0. The van der Waals surface area contributed by atoms with Gasteiger partial charge in [-0.1, -0.05) is 31.0 Å². The Balaban J connectivity index is 1.27. The van der Waals surface area contributed by atoms with E-state index in [9.17, 15) is 14.4 Å². The highest BCUT2D eigenvalue weighted by Crippen LogP contribution is 2.37. The smallest absolute Gasteiger partial charge is 0.307 e. The number of fused-ring (bicyclic) bond motifs is 1. The fraction of sp³-hybridized carbons (Fsp3) is 0.429. The third-order valence-electron chi connectivity index (χ3n) is 5.43. The first-order chi connectivity index (χ1) is 13.6. The number of carbonyl (C=O) groups is 3. The normalized spacial score (nSPS) is 21.6. The number of carbonyl (C=O) groups excluding carboxylic acids is 3. The van der Waals surface area contributed by atoms with Gasteiger partial charge in [0.25, 0.3) is 0 Å². The molecule has 1 aliphatic heterocycles. The molecule has 4 rings (SSSR count). The average Bonchev–Trinajstić information content (AvgIpc) is 3.30. The molecule has 0 radical (unpaired) electrons. The summed E-state index contributed by atoms with van der Waals surface area (Å²) in [5, 5.41) is 0. The molecule has 2 heterocycles. The van der Waals surface area contributed by atoms with Crippen molar-refractivity contribution in [1.82, 2.24) is 9.88 Å². The zero-order chi connectivity index (χ0) is 19.5. The SMILES string of the molecule is O=C(CCN1C(=O)C2CCCCC2C1=O)OCc1coc(-c2ccccc2)n1. The largest absolute Gasteiger partial charge is 0.459 e. The maximum atomic E-state index is 12.4. The van der Waals surface area contributed by atoms with Gasteiger partial charge in [0.2, 0.25) is 17.7 Å². The summed E-state index contributed by atoms with van der Waals surface area (Å²) in [4.78, 5) is 42.4. The van der Waals surface area contributed by atoms with Gasteiger partial charge in [-0.3, -0.25) is 19.3 Å². The minimum atomic E-state index is -0.472. The van der Waals surface area contributed by atoms with E-state index in [2.05, 4.69) is 4.98 Å². The highest BCUT2D eigenvalue weighted by Gasteiger charge is 2.47. The van der Waals surface area contributed by atoms with Gasteiger partial charge in [0.1, 0.15) is 18.6 Å². The number of esters is 1. The molecule has 7 heteroatoms. The second kappa shape index (κ2) is 7.96. The third-order valence-corrected chi connectivity index (χ3v) is 5.43. The minimum Gasteiger partial charge on any atom is -0.459 e. The molecular formula is C21H22N2O5. The second-order valence-electron chi connectivity index (χ2n) is 7.25. The van der Waals surface area contributed by atoms with E-state index < -0.39 is 5.97 Å². The monoisotopic (exact) mass is 382 g/mol. The molecule has 2 atom stereocenters. The highest BCUT2D eigenvalue weighted by atomic mass is 16.5. The Bertz CT molecular complexity index is 852. The van der Waals surface area contributed by atoms with Crippen LogP contribution in [0.1, 0.15) is 37.8 Å². The van der Waals surface area contributed by atoms with Crippen LogP contribution >= 0.6 is 0 Å². The lowest BCUT2D eigenvalue weighted by atomic mass is 9.81. The van der Waals surface area contributed by atoms with E-state index in [4.69, 9.17) is 9.15 Å². The van der Waals surface area contributed by atoms with E-state index in [0.29, 0.717) is 11.6 Å². The molecule has 2 fully saturated rings. The Hall–Kier alpha value is -2.96.